The summed E-state index contributed by atoms with van der Waals surface area (Å²) in [5, 5.41) is 13.3. The van der Waals surface area contributed by atoms with E-state index in [9.17, 15) is 17.6 Å². The van der Waals surface area contributed by atoms with Crippen LogP contribution in [0.5, 0.6) is 0 Å². The number of nitrogens with one attached hydrogen (secondary N) is 2. The number of aryl methyl sites for hydroxylation is 1. The molecule has 0 aliphatic carbocycles. The van der Waals surface area contributed by atoms with Crippen LogP contribution in [0, 0.1) is 12.7 Å². The first-order valence-corrected chi connectivity index (χ1v) is 12.2. The number of tetrazole rings is 1. The van der Waals surface area contributed by atoms with Crippen molar-refractivity contribution in [2.45, 2.75) is 26.2 Å². The minimum atomic E-state index is -3.95. The zero-order valence-corrected chi connectivity index (χ0v) is 18.8. The molecule has 2 heterocycles. The second-order valence-electron chi connectivity index (χ2n) is 7.81. The number of aromatic nitrogens is 4. The highest BCUT2D eigenvalue weighted by atomic mass is 32.2. The maximum absolute atomic E-state index is 14.2. The van der Waals surface area contributed by atoms with Crippen LogP contribution in [0.15, 0.2) is 42.5 Å². The van der Waals surface area contributed by atoms with Crippen molar-refractivity contribution in [3.8, 4) is 5.69 Å². The number of hydrogen-bond acceptors (Lipinski definition) is 7. The first-order chi connectivity index (χ1) is 15.8. The third-order valence-corrected chi connectivity index (χ3v) is 6.46. The average Bonchev–Trinajstić information content (AvgIpc) is 3.21. The highest BCUT2D eigenvalue weighted by Crippen LogP contribution is 2.23. The molecule has 1 aliphatic rings. The van der Waals surface area contributed by atoms with Crippen molar-refractivity contribution in [1.82, 2.24) is 20.2 Å². The van der Waals surface area contributed by atoms with Gasteiger partial charge in [-0.05, 0) is 79.1 Å². The van der Waals surface area contributed by atoms with Crippen molar-refractivity contribution >= 4 is 33.0 Å². The molecule has 3 aromatic rings. The van der Waals surface area contributed by atoms with Gasteiger partial charge >= 0.3 is 0 Å². The van der Waals surface area contributed by atoms with E-state index in [1.54, 1.807) is 19.1 Å². The molecule has 0 unspecified atom stereocenters. The van der Waals surface area contributed by atoms with Gasteiger partial charge in [-0.25, -0.2) is 12.8 Å². The normalized spacial score (nSPS) is 14.2. The van der Waals surface area contributed by atoms with Crippen LogP contribution in [-0.4, -0.2) is 53.4 Å². The minimum absolute atomic E-state index is 0.0325. The fourth-order valence-electron chi connectivity index (χ4n) is 3.68. The molecule has 0 saturated carbocycles. The van der Waals surface area contributed by atoms with Crippen molar-refractivity contribution in [3.63, 3.8) is 0 Å². The Labute approximate surface area is 190 Å². The Morgan fingerprint density at radius 2 is 1.76 bits per heavy atom. The molecule has 2 aromatic carbocycles. The summed E-state index contributed by atoms with van der Waals surface area (Å²) in [4.78, 5) is 14.6. The predicted octanol–water partition coefficient (Wildman–Crippen LogP) is 2.48. The molecule has 4 rings (SSSR count). The summed E-state index contributed by atoms with van der Waals surface area (Å²) >= 11 is 0. The number of nitrogens with zero attached hydrogens (tertiary/aromatic N) is 5. The number of piperidine rings is 1. The fourth-order valence-corrected chi connectivity index (χ4v) is 4.67. The Balaban J connectivity index is 1.38. The lowest BCUT2D eigenvalue weighted by atomic mass is 10.1. The molecule has 0 atom stereocenters. The smallest absolute Gasteiger partial charge is 0.241 e. The lowest BCUT2D eigenvalue weighted by molar-refractivity contribution is -0.113. The molecule has 1 aliphatic heterocycles. The number of sulfonamides is 1. The number of carbonyl (C=O) groups is 1. The molecule has 12 heteroatoms. The van der Waals surface area contributed by atoms with E-state index in [0.717, 1.165) is 37.7 Å². The second kappa shape index (κ2) is 9.53. The summed E-state index contributed by atoms with van der Waals surface area (Å²) in [7, 11) is -3.95. The van der Waals surface area contributed by atoms with Crippen LogP contribution in [-0.2, 0) is 14.8 Å². The summed E-state index contributed by atoms with van der Waals surface area (Å²) in [6.45, 7) is 3.58. The van der Waals surface area contributed by atoms with Crippen molar-refractivity contribution in [3.05, 3.63) is 54.1 Å². The summed E-state index contributed by atoms with van der Waals surface area (Å²) in [5.74, 6) is -1.79. The molecule has 1 fully saturated rings. The molecule has 174 valence electrons. The maximum atomic E-state index is 14.2. The summed E-state index contributed by atoms with van der Waals surface area (Å²) in [6, 6.07) is 10.9. The largest absolute Gasteiger partial charge is 0.372 e. The zero-order valence-electron chi connectivity index (χ0n) is 18.0. The molecular weight excluding hydrogens is 449 g/mol. The molecular formula is C21H24FN7O3S. The van der Waals surface area contributed by atoms with Gasteiger partial charge in [-0.3, -0.25) is 9.52 Å². The molecule has 2 N–H and O–H groups in total. The van der Waals surface area contributed by atoms with E-state index in [1.165, 1.54) is 23.2 Å². The van der Waals surface area contributed by atoms with E-state index in [-0.39, 0.29) is 11.4 Å². The van der Waals surface area contributed by atoms with Gasteiger partial charge in [0.05, 0.1) is 0 Å². The number of carbonyl (C=O) groups excluding carboxylic acids is 1. The number of halogens is 1. The number of amides is 1. The molecule has 1 amide bonds. The van der Waals surface area contributed by atoms with E-state index < -0.39 is 27.5 Å². The van der Waals surface area contributed by atoms with Crippen molar-refractivity contribution in [2.75, 3.05) is 33.8 Å². The van der Waals surface area contributed by atoms with Crippen molar-refractivity contribution in [1.29, 1.82) is 0 Å². The van der Waals surface area contributed by atoms with E-state index in [0.29, 0.717) is 11.5 Å². The maximum Gasteiger partial charge on any atom is 0.241 e. The first kappa shape index (κ1) is 22.6. The third kappa shape index (κ3) is 5.64. The molecule has 0 radical (unpaired) electrons. The molecule has 0 spiro atoms. The van der Waals surface area contributed by atoms with Crippen LogP contribution in [0.1, 0.15) is 25.1 Å². The Morgan fingerprint density at radius 3 is 2.42 bits per heavy atom. The van der Waals surface area contributed by atoms with Gasteiger partial charge in [-0.2, -0.15) is 4.68 Å². The topological polar surface area (TPSA) is 122 Å². The Bertz CT molecular complexity index is 1240. The summed E-state index contributed by atoms with van der Waals surface area (Å²) in [6.07, 6.45) is 3.52. The van der Waals surface area contributed by atoms with Gasteiger partial charge < -0.3 is 10.2 Å². The molecule has 33 heavy (non-hydrogen) atoms. The summed E-state index contributed by atoms with van der Waals surface area (Å²) < 4.78 is 42.7. The van der Waals surface area contributed by atoms with Crippen LogP contribution in [0.2, 0.25) is 0 Å². The monoisotopic (exact) mass is 473 g/mol. The molecule has 1 aromatic heterocycles. The highest BCUT2D eigenvalue weighted by molar-refractivity contribution is 7.93. The lowest BCUT2D eigenvalue weighted by Crippen LogP contribution is -2.29. The third-order valence-electron chi connectivity index (χ3n) is 5.27. The van der Waals surface area contributed by atoms with Gasteiger partial charge in [0.25, 0.3) is 0 Å². The summed E-state index contributed by atoms with van der Waals surface area (Å²) in [5.41, 5.74) is 1.67. The van der Waals surface area contributed by atoms with Crippen LogP contribution < -0.4 is 14.9 Å². The van der Waals surface area contributed by atoms with E-state index in [4.69, 9.17) is 0 Å². The highest BCUT2D eigenvalue weighted by Gasteiger charge is 2.18. The van der Waals surface area contributed by atoms with Crippen LogP contribution in [0.4, 0.5) is 21.5 Å². The second-order valence-corrected chi connectivity index (χ2v) is 9.53. The van der Waals surface area contributed by atoms with Crippen LogP contribution >= 0.6 is 0 Å². The molecule has 0 bridgehead atoms. The van der Waals surface area contributed by atoms with Gasteiger partial charge in [0, 0.05) is 30.2 Å². The van der Waals surface area contributed by atoms with Crippen molar-refractivity contribution < 1.29 is 17.6 Å². The van der Waals surface area contributed by atoms with Crippen LogP contribution in [0.3, 0.4) is 0 Å². The van der Waals surface area contributed by atoms with E-state index in [2.05, 4.69) is 30.5 Å². The Hall–Kier alpha value is -3.54. The fraction of sp³-hybridized carbons (Fsp3) is 0.333. The lowest BCUT2D eigenvalue weighted by Gasteiger charge is -2.28. The van der Waals surface area contributed by atoms with Gasteiger partial charge in [0.15, 0.2) is 5.82 Å². The number of anilines is 3. The van der Waals surface area contributed by atoms with Crippen LogP contribution in [0.25, 0.3) is 5.69 Å². The minimum Gasteiger partial charge on any atom is -0.372 e. The first-order valence-electron chi connectivity index (χ1n) is 10.5. The SMILES string of the molecule is Cc1nnnn1-c1cc(NC(=O)CS(=O)(=O)Nc2ccc(N3CCCCC3)cc2)ccc1F. The van der Waals surface area contributed by atoms with Crippen molar-refractivity contribution in [2.24, 2.45) is 0 Å². The molecule has 10 nitrogen and oxygen atoms in total. The average molecular weight is 474 g/mol. The Morgan fingerprint density at radius 1 is 1.06 bits per heavy atom. The van der Waals surface area contributed by atoms with E-state index in [1.807, 2.05) is 12.1 Å². The number of hydrogen-bond donors (Lipinski definition) is 2. The standard InChI is InChI=1S/C21H24FN7O3S/c1-15-24-26-27-29(15)20-13-17(7-10-19(20)22)23-21(30)14-33(31,32)25-16-5-8-18(9-6-16)28-11-3-2-4-12-28/h5-10,13,25H,2-4,11-12,14H2,1H3,(H,23,30). The number of rotatable bonds is 7. The van der Waals surface area contributed by atoms with Gasteiger partial charge in [0.2, 0.25) is 15.9 Å². The van der Waals surface area contributed by atoms with Gasteiger partial charge in [-0.15, -0.1) is 5.10 Å². The van der Waals surface area contributed by atoms with Gasteiger partial charge in [0.1, 0.15) is 17.3 Å². The zero-order chi connectivity index (χ0) is 23.4. The van der Waals surface area contributed by atoms with Gasteiger partial charge in [-0.1, -0.05) is 0 Å². The predicted molar refractivity (Wildman–Crippen MR) is 122 cm³/mol. The Kier molecular flexibility index (Phi) is 6.54. The molecule has 1 saturated heterocycles. The number of benzene rings is 2. The van der Waals surface area contributed by atoms with E-state index >= 15 is 0 Å². The quantitative estimate of drug-likeness (QED) is 0.541.